The molecule has 0 spiro atoms. The molecule has 0 fully saturated rings. The van der Waals surface area contributed by atoms with E-state index in [4.69, 9.17) is 5.11 Å². The third-order valence-electron chi connectivity index (χ3n) is 2.07. The highest BCUT2D eigenvalue weighted by molar-refractivity contribution is 5.93. The first-order valence-corrected chi connectivity index (χ1v) is 4.59. The molecule has 0 aromatic carbocycles. The van der Waals surface area contributed by atoms with Crippen LogP contribution in [0.4, 0.5) is 5.69 Å². The van der Waals surface area contributed by atoms with Crippen LogP contribution in [0.15, 0.2) is 18.5 Å². The molecular formula is C10H14N2O2. The summed E-state index contributed by atoms with van der Waals surface area (Å²) in [4.78, 5) is 14.7. The van der Waals surface area contributed by atoms with Gasteiger partial charge in [0.15, 0.2) is 0 Å². The maximum Gasteiger partial charge on any atom is 0.337 e. The van der Waals surface area contributed by atoms with Crippen LogP contribution < -0.4 is 5.32 Å². The highest BCUT2D eigenvalue weighted by atomic mass is 16.4. The molecule has 0 saturated carbocycles. The first kappa shape index (κ1) is 10.5. The van der Waals surface area contributed by atoms with Gasteiger partial charge in [-0.1, -0.05) is 6.92 Å². The molecule has 1 heterocycles. The van der Waals surface area contributed by atoms with Gasteiger partial charge in [0.25, 0.3) is 0 Å². The molecule has 0 aliphatic rings. The van der Waals surface area contributed by atoms with Gasteiger partial charge in [-0.15, -0.1) is 0 Å². The summed E-state index contributed by atoms with van der Waals surface area (Å²) in [7, 11) is 0. The summed E-state index contributed by atoms with van der Waals surface area (Å²) in [5, 5.41) is 12.0. The van der Waals surface area contributed by atoms with Crippen molar-refractivity contribution in [3.05, 3.63) is 24.0 Å². The van der Waals surface area contributed by atoms with E-state index < -0.39 is 5.97 Å². The van der Waals surface area contributed by atoms with Crippen LogP contribution in [0.25, 0.3) is 0 Å². The summed E-state index contributed by atoms with van der Waals surface area (Å²) in [6, 6.07) is 1.74. The first-order chi connectivity index (χ1) is 6.65. The summed E-state index contributed by atoms with van der Waals surface area (Å²) in [6.07, 6.45) is 3.95. The number of anilines is 1. The second-order valence-corrected chi connectivity index (χ2v) is 3.18. The molecule has 4 heteroatoms. The van der Waals surface area contributed by atoms with Gasteiger partial charge in [0.05, 0.1) is 17.4 Å². The van der Waals surface area contributed by atoms with Crippen molar-refractivity contribution < 1.29 is 9.90 Å². The Morgan fingerprint density at radius 2 is 2.43 bits per heavy atom. The number of pyridine rings is 1. The van der Waals surface area contributed by atoms with E-state index in [9.17, 15) is 4.79 Å². The molecule has 0 aliphatic heterocycles. The van der Waals surface area contributed by atoms with E-state index in [-0.39, 0.29) is 11.6 Å². The Kier molecular flexibility index (Phi) is 3.45. The number of carboxylic acids is 1. The molecule has 0 saturated heterocycles. The van der Waals surface area contributed by atoms with Crippen LogP contribution in [0.1, 0.15) is 30.6 Å². The van der Waals surface area contributed by atoms with E-state index >= 15 is 0 Å². The van der Waals surface area contributed by atoms with E-state index in [1.165, 1.54) is 18.5 Å². The molecule has 1 unspecified atom stereocenters. The van der Waals surface area contributed by atoms with Crippen LogP contribution in [0.5, 0.6) is 0 Å². The molecular weight excluding hydrogens is 180 g/mol. The van der Waals surface area contributed by atoms with Crippen LogP contribution in [0, 0.1) is 0 Å². The van der Waals surface area contributed by atoms with Crippen molar-refractivity contribution in [3.63, 3.8) is 0 Å². The second kappa shape index (κ2) is 4.60. The summed E-state index contributed by atoms with van der Waals surface area (Å²) in [5.74, 6) is -0.932. The van der Waals surface area contributed by atoms with Crippen LogP contribution >= 0.6 is 0 Å². The molecule has 4 nitrogen and oxygen atoms in total. The Bertz CT molecular complexity index is 326. The highest BCUT2D eigenvalue weighted by Crippen LogP contribution is 2.14. The number of carboxylic acid groups (broad SMARTS) is 1. The zero-order chi connectivity index (χ0) is 10.6. The maximum atomic E-state index is 10.8. The zero-order valence-electron chi connectivity index (χ0n) is 8.32. The predicted octanol–water partition coefficient (Wildman–Crippen LogP) is 1.99. The standard InChI is InChI=1S/C10H14N2O2/c1-3-7(2)12-9-6-11-5-4-8(9)10(13)14/h4-7,12H,3H2,1-2H3,(H,13,14). The lowest BCUT2D eigenvalue weighted by atomic mass is 10.2. The fourth-order valence-corrected chi connectivity index (χ4v) is 1.06. The quantitative estimate of drug-likeness (QED) is 0.769. The van der Waals surface area contributed by atoms with Gasteiger partial charge in [-0.25, -0.2) is 4.79 Å². The fourth-order valence-electron chi connectivity index (χ4n) is 1.06. The third-order valence-corrected chi connectivity index (χ3v) is 2.07. The molecule has 14 heavy (non-hydrogen) atoms. The van der Waals surface area contributed by atoms with Gasteiger partial charge in [-0.2, -0.15) is 0 Å². The smallest absolute Gasteiger partial charge is 0.337 e. The molecule has 0 aliphatic carbocycles. The van der Waals surface area contributed by atoms with Gasteiger partial charge in [0.2, 0.25) is 0 Å². The van der Waals surface area contributed by atoms with Gasteiger partial charge >= 0.3 is 5.97 Å². The minimum absolute atomic E-state index is 0.247. The number of rotatable bonds is 4. The average molecular weight is 194 g/mol. The number of hydrogen-bond acceptors (Lipinski definition) is 3. The Balaban J connectivity index is 2.90. The molecule has 1 aromatic rings. The van der Waals surface area contributed by atoms with Gasteiger partial charge in [0, 0.05) is 12.2 Å². The summed E-state index contributed by atoms with van der Waals surface area (Å²) in [6.45, 7) is 4.03. The van der Waals surface area contributed by atoms with Crippen LogP contribution in [-0.2, 0) is 0 Å². The minimum Gasteiger partial charge on any atom is -0.478 e. The van der Waals surface area contributed by atoms with Crippen LogP contribution in [-0.4, -0.2) is 22.1 Å². The van der Waals surface area contributed by atoms with Crippen LogP contribution in [0.2, 0.25) is 0 Å². The molecule has 0 radical (unpaired) electrons. The van der Waals surface area contributed by atoms with E-state index in [1.54, 1.807) is 0 Å². The van der Waals surface area contributed by atoms with Crippen molar-refractivity contribution in [1.29, 1.82) is 0 Å². The maximum absolute atomic E-state index is 10.8. The molecule has 1 atom stereocenters. The van der Waals surface area contributed by atoms with E-state index in [0.29, 0.717) is 5.69 Å². The largest absolute Gasteiger partial charge is 0.478 e. The summed E-state index contributed by atoms with van der Waals surface area (Å²) < 4.78 is 0. The van der Waals surface area contributed by atoms with Gasteiger partial charge in [0.1, 0.15) is 0 Å². The lowest BCUT2D eigenvalue weighted by Gasteiger charge is -2.14. The first-order valence-electron chi connectivity index (χ1n) is 4.59. The van der Waals surface area contributed by atoms with Crippen molar-refractivity contribution in [2.45, 2.75) is 26.3 Å². The molecule has 1 aromatic heterocycles. The molecule has 0 bridgehead atoms. The van der Waals surface area contributed by atoms with Crippen molar-refractivity contribution in [2.24, 2.45) is 0 Å². The van der Waals surface area contributed by atoms with Crippen molar-refractivity contribution in [2.75, 3.05) is 5.32 Å². The topological polar surface area (TPSA) is 62.2 Å². The number of nitrogens with one attached hydrogen (secondary N) is 1. The molecule has 1 rings (SSSR count). The monoisotopic (exact) mass is 194 g/mol. The lowest BCUT2D eigenvalue weighted by Crippen LogP contribution is -2.16. The fraction of sp³-hybridized carbons (Fsp3) is 0.400. The van der Waals surface area contributed by atoms with Crippen molar-refractivity contribution in [3.8, 4) is 0 Å². The third kappa shape index (κ3) is 2.45. The Hall–Kier alpha value is -1.58. The lowest BCUT2D eigenvalue weighted by molar-refractivity contribution is 0.0698. The number of carbonyl (C=O) groups is 1. The Morgan fingerprint density at radius 3 is 3.00 bits per heavy atom. The Labute approximate surface area is 83.0 Å². The molecule has 2 N–H and O–H groups in total. The summed E-state index contributed by atoms with van der Waals surface area (Å²) >= 11 is 0. The van der Waals surface area contributed by atoms with Crippen LogP contribution in [0.3, 0.4) is 0 Å². The zero-order valence-corrected chi connectivity index (χ0v) is 8.32. The van der Waals surface area contributed by atoms with Gasteiger partial charge in [-0.05, 0) is 19.4 Å². The Morgan fingerprint density at radius 1 is 1.71 bits per heavy atom. The summed E-state index contributed by atoms with van der Waals surface area (Å²) in [5.41, 5.74) is 0.842. The minimum atomic E-state index is -0.932. The number of hydrogen-bond donors (Lipinski definition) is 2. The number of nitrogens with zero attached hydrogens (tertiary/aromatic N) is 1. The van der Waals surface area contributed by atoms with E-state index in [2.05, 4.69) is 10.3 Å². The van der Waals surface area contributed by atoms with Crippen molar-refractivity contribution in [1.82, 2.24) is 4.98 Å². The number of aromatic nitrogens is 1. The second-order valence-electron chi connectivity index (χ2n) is 3.18. The molecule has 0 amide bonds. The molecule has 76 valence electrons. The average Bonchev–Trinajstić information content (AvgIpc) is 2.18. The van der Waals surface area contributed by atoms with Crippen molar-refractivity contribution >= 4 is 11.7 Å². The van der Waals surface area contributed by atoms with E-state index in [0.717, 1.165) is 6.42 Å². The predicted molar refractivity (Wildman–Crippen MR) is 54.6 cm³/mol. The SMILES string of the molecule is CCC(C)Nc1cnccc1C(=O)O. The normalized spacial score (nSPS) is 12.1. The van der Waals surface area contributed by atoms with Gasteiger partial charge < -0.3 is 10.4 Å². The van der Waals surface area contributed by atoms with Gasteiger partial charge in [-0.3, -0.25) is 4.98 Å². The highest BCUT2D eigenvalue weighted by Gasteiger charge is 2.10. The number of aromatic carboxylic acids is 1. The van der Waals surface area contributed by atoms with E-state index in [1.807, 2.05) is 13.8 Å².